The molecule has 0 saturated heterocycles. The zero-order valence-electron chi connectivity index (χ0n) is 10.4. The molecule has 0 bridgehead atoms. The minimum atomic E-state index is -0.972. The van der Waals surface area contributed by atoms with E-state index in [1.165, 1.54) is 0 Å². The minimum absolute atomic E-state index is 0.201. The molecule has 0 aliphatic heterocycles. The lowest BCUT2D eigenvalue weighted by molar-refractivity contribution is 0.0666. The number of hydrogen-bond donors (Lipinski definition) is 2. The van der Waals surface area contributed by atoms with Crippen LogP contribution < -0.4 is 10.5 Å². The molecule has 0 aliphatic carbocycles. The molecule has 0 radical (unpaired) electrons. The molecule has 0 spiro atoms. The highest BCUT2D eigenvalue weighted by Crippen LogP contribution is 2.24. The highest BCUT2D eigenvalue weighted by Gasteiger charge is 2.21. The molecule has 3 N–H and O–H groups in total. The highest BCUT2D eigenvalue weighted by molar-refractivity contribution is 5.31. The first kappa shape index (κ1) is 13.0. The van der Waals surface area contributed by atoms with E-state index in [1.807, 2.05) is 45.0 Å². The smallest absolute Gasteiger partial charge is 0.120 e. The van der Waals surface area contributed by atoms with Crippen LogP contribution in [0.4, 0.5) is 0 Å². The summed E-state index contributed by atoms with van der Waals surface area (Å²) in [5.41, 5.74) is 5.12. The van der Waals surface area contributed by atoms with Crippen LogP contribution in [0.15, 0.2) is 24.3 Å². The van der Waals surface area contributed by atoms with E-state index in [9.17, 15) is 5.11 Å². The van der Waals surface area contributed by atoms with Gasteiger partial charge in [0.15, 0.2) is 0 Å². The van der Waals surface area contributed by atoms with E-state index in [-0.39, 0.29) is 12.1 Å². The molecule has 0 heterocycles. The van der Waals surface area contributed by atoms with Crippen molar-refractivity contribution in [1.29, 1.82) is 0 Å². The number of aliphatic hydroxyl groups is 1. The van der Waals surface area contributed by atoms with Crippen molar-refractivity contribution in [3.05, 3.63) is 29.8 Å². The van der Waals surface area contributed by atoms with E-state index >= 15 is 0 Å². The van der Waals surface area contributed by atoms with E-state index in [0.29, 0.717) is 0 Å². The molecule has 0 fully saturated rings. The second-order valence-electron chi connectivity index (χ2n) is 5.22. The van der Waals surface area contributed by atoms with Gasteiger partial charge in [-0.3, -0.25) is 0 Å². The number of benzene rings is 1. The molecule has 1 atom stereocenters. The van der Waals surface area contributed by atoms with Gasteiger partial charge in [0.1, 0.15) is 11.4 Å². The summed E-state index contributed by atoms with van der Waals surface area (Å²) < 4.78 is 5.69. The van der Waals surface area contributed by atoms with Crippen LogP contribution in [0.3, 0.4) is 0 Å². The Bertz CT molecular complexity index is 336. The topological polar surface area (TPSA) is 55.5 Å². The standard InChI is InChI=1S/C13H21NO2/c1-12(2,3)16-11-7-5-10(6-8-11)13(4,15)9-14/h5-8,15H,9,14H2,1-4H3. The van der Waals surface area contributed by atoms with Crippen LogP contribution in [0.5, 0.6) is 5.75 Å². The largest absolute Gasteiger partial charge is 0.488 e. The first-order valence-electron chi connectivity index (χ1n) is 5.47. The Balaban J connectivity index is 2.84. The van der Waals surface area contributed by atoms with Crippen molar-refractivity contribution in [3.63, 3.8) is 0 Å². The van der Waals surface area contributed by atoms with E-state index in [4.69, 9.17) is 10.5 Å². The fraction of sp³-hybridized carbons (Fsp3) is 0.538. The first-order chi connectivity index (χ1) is 7.24. The van der Waals surface area contributed by atoms with E-state index in [2.05, 4.69) is 0 Å². The van der Waals surface area contributed by atoms with Gasteiger partial charge in [-0.1, -0.05) is 12.1 Å². The van der Waals surface area contributed by atoms with Crippen molar-refractivity contribution in [3.8, 4) is 5.75 Å². The predicted molar refractivity (Wildman–Crippen MR) is 65.4 cm³/mol. The van der Waals surface area contributed by atoms with Crippen LogP contribution in [-0.4, -0.2) is 17.3 Å². The zero-order chi connectivity index (χ0) is 12.4. The van der Waals surface area contributed by atoms with Gasteiger partial charge in [0.25, 0.3) is 0 Å². The molecule has 1 rings (SSSR count). The second-order valence-corrected chi connectivity index (χ2v) is 5.22. The van der Waals surface area contributed by atoms with Crippen molar-refractivity contribution in [2.45, 2.75) is 38.9 Å². The van der Waals surface area contributed by atoms with Gasteiger partial charge in [-0.25, -0.2) is 0 Å². The fourth-order valence-corrected chi connectivity index (χ4v) is 1.35. The maximum atomic E-state index is 9.95. The van der Waals surface area contributed by atoms with Gasteiger partial charge < -0.3 is 15.6 Å². The average molecular weight is 223 g/mol. The lowest BCUT2D eigenvalue weighted by atomic mass is 9.96. The van der Waals surface area contributed by atoms with E-state index in [1.54, 1.807) is 6.92 Å². The van der Waals surface area contributed by atoms with Crippen LogP contribution in [0.25, 0.3) is 0 Å². The van der Waals surface area contributed by atoms with Gasteiger partial charge in [0.05, 0.1) is 5.60 Å². The Hall–Kier alpha value is -1.06. The van der Waals surface area contributed by atoms with Crippen LogP contribution in [0.1, 0.15) is 33.3 Å². The Morgan fingerprint density at radius 1 is 1.12 bits per heavy atom. The quantitative estimate of drug-likeness (QED) is 0.824. The molecule has 3 heteroatoms. The monoisotopic (exact) mass is 223 g/mol. The second kappa shape index (κ2) is 4.44. The van der Waals surface area contributed by atoms with Crippen molar-refractivity contribution in [2.24, 2.45) is 5.73 Å². The van der Waals surface area contributed by atoms with Crippen LogP contribution >= 0.6 is 0 Å². The zero-order valence-corrected chi connectivity index (χ0v) is 10.4. The lowest BCUT2D eigenvalue weighted by Crippen LogP contribution is -2.31. The van der Waals surface area contributed by atoms with Gasteiger partial charge in [-0.05, 0) is 45.4 Å². The third-order valence-corrected chi connectivity index (χ3v) is 2.30. The fourth-order valence-electron chi connectivity index (χ4n) is 1.35. The molecule has 0 saturated carbocycles. The van der Waals surface area contributed by atoms with Crippen molar-refractivity contribution < 1.29 is 9.84 Å². The van der Waals surface area contributed by atoms with Gasteiger partial charge in [0.2, 0.25) is 0 Å². The first-order valence-corrected chi connectivity index (χ1v) is 5.47. The molecule has 3 nitrogen and oxygen atoms in total. The molecule has 0 aliphatic rings. The van der Waals surface area contributed by atoms with Gasteiger partial charge >= 0.3 is 0 Å². The SMILES string of the molecule is CC(C)(C)Oc1ccc(C(C)(O)CN)cc1. The molecular weight excluding hydrogens is 202 g/mol. The Morgan fingerprint density at radius 3 is 2.00 bits per heavy atom. The van der Waals surface area contributed by atoms with Crippen LogP contribution in [0.2, 0.25) is 0 Å². The Kier molecular flexibility index (Phi) is 3.61. The van der Waals surface area contributed by atoms with Gasteiger partial charge in [-0.15, -0.1) is 0 Å². The van der Waals surface area contributed by atoms with Crippen molar-refractivity contribution in [2.75, 3.05) is 6.54 Å². The normalized spacial score (nSPS) is 15.6. The summed E-state index contributed by atoms with van der Waals surface area (Å²) in [5, 5.41) is 9.95. The summed E-state index contributed by atoms with van der Waals surface area (Å²) >= 11 is 0. The molecule has 90 valence electrons. The van der Waals surface area contributed by atoms with Crippen molar-refractivity contribution in [1.82, 2.24) is 0 Å². The maximum Gasteiger partial charge on any atom is 0.120 e. The summed E-state index contributed by atoms with van der Waals surface area (Å²) in [7, 11) is 0. The number of ether oxygens (including phenoxy) is 1. The average Bonchev–Trinajstić information content (AvgIpc) is 2.16. The summed E-state index contributed by atoms with van der Waals surface area (Å²) in [6, 6.07) is 7.39. The number of nitrogens with two attached hydrogens (primary N) is 1. The summed E-state index contributed by atoms with van der Waals surface area (Å²) in [4.78, 5) is 0. The Morgan fingerprint density at radius 2 is 1.62 bits per heavy atom. The maximum absolute atomic E-state index is 9.95. The lowest BCUT2D eigenvalue weighted by Gasteiger charge is -2.24. The molecule has 1 aromatic rings. The molecule has 0 aromatic heterocycles. The summed E-state index contributed by atoms with van der Waals surface area (Å²) in [6.45, 7) is 7.89. The summed E-state index contributed by atoms with van der Waals surface area (Å²) in [5.74, 6) is 0.795. The minimum Gasteiger partial charge on any atom is -0.488 e. The molecule has 1 aromatic carbocycles. The van der Waals surface area contributed by atoms with Crippen molar-refractivity contribution >= 4 is 0 Å². The van der Waals surface area contributed by atoms with Gasteiger partial charge in [0, 0.05) is 6.54 Å². The Labute approximate surface area is 97.2 Å². The van der Waals surface area contributed by atoms with Crippen LogP contribution in [-0.2, 0) is 5.60 Å². The third kappa shape index (κ3) is 3.51. The number of hydrogen-bond acceptors (Lipinski definition) is 3. The molecule has 0 amide bonds. The molecule has 16 heavy (non-hydrogen) atoms. The molecule has 1 unspecified atom stereocenters. The highest BCUT2D eigenvalue weighted by atomic mass is 16.5. The number of rotatable bonds is 3. The summed E-state index contributed by atoms with van der Waals surface area (Å²) in [6.07, 6.45) is 0. The van der Waals surface area contributed by atoms with Gasteiger partial charge in [-0.2, -0.15) is 0 Å². The third-order valence-electron chi connectivity index (χ3n) is 2.30. The van der Waals surface area contributed by atoms with E-state index in [0.717, 1.165) is 11.3 Å². The predicted octanol–water partition coefficient (Wildman–Crippen LogP) is 2.03. The molecular formula is C13H21NO2. The van der Waals surface area contributed by atoms with E-state index < -0.39 is 5.60 Å². The van der Waals surface area contributed by atoms with Crippen LogP contribution in [0, 0.1) is 0 Å².